The lowest BCUT2D eigenvalue weighted by atomic mass is 10.0. The van der Waals surface area contributed by atoms with Crippen LogP contribution < -0.4 is 0 Å². The number of hydrogen-bond acceptors (Lipinski definition) is 3. The summed E-state index contributed by atoms with van der Waals surface area (Å²) in [6.45, 7) is 2.49. The van der Waals surface area contributed by atoms with Crippen molar-refractivity contribution in [2.45, 2.75) is 32.2 Å². The van der Waals surface area contributed by atoms with E-state index in [-0.39, 0.29) is 18.1 Å². The summed E-state index contributed by atoms with van der Waals surface area (Å²) >= 11 is 3.26. The van der Waals surface area contributed by atoms with Crippen molar-refractivity contribution in [3.05, 3.63) is 34.1 Å². The number of carbonyl (C=O) groups excluding carboxylic acids is 2. The second-order valence-electron chi connectivity index (χ2n) is 4.89. The molecule has 0 N–H and O–H groups in total. The summed E-state index contributed by atoms with van der Waals surface area (Å²) in [4.78, 5) is 26.1. The minimum absolute atomic E-state index is 0.228. The smallest absolute Gasteiger partial charge is 0.328 e. The standard InChI is InChI=1S/C15H17BrFNO3/c1-2-21-15(20)13-5-3-4-8-18(13)14(19)11-9-10(17)6-7-12(11)16/h6-7,9,13H,2-5,8H2,1H3. The van der Waals surface area contributed by atoms with E-state index in [0.717, 1.165) is 12.8 Å². The maximum atomic E-state index is 13.4. The monoisotopic (exact) mass is 357 g/mol. The van der Waals surface area contributed by atoms with Crippen molar-refractivity contribution < 1.29 is 18.7 Å². The number of benzene rings is 1. The predicted molar refractivity (Wildman–Crippen MR) is 79.4 cm³/mol. The van der Waals surface area contributed by atoms with E-state index in [4.69, 9.17) is 4.74 Å². The number of rotatable bonds is 3. The van der Waals surface area contributed by atoms with Crippen LogP contribution in [-0.4, -0.2) is 36.0 Å². The average molecular weight is 358 g/mol. The molecule has 114 valence electrons. The molecule has 0 aromatic heterocycles. The van der Waals surface area contributed by atoms with Gasteiger partial charge in [-0.05, 0) is 60.3 Å². The Balaban J connectivity index is 2.26. The van der Waals surface area contributed by atoms with Crippen molar-refractivity contribution >= 4 is 27.8 Å². The first kappa shape index (κ1) is 15.9. The Bertz CT molecular complexity index is 550. The molecule has 0 bridgehead atoms. The minimum Gasteiger partial charge on any atom is -0.464 e. The minimum atomic E-state index is -0.582. The van der Waals surface area contributed by atoms with Crippen LogP contribution >= 0.6 is 15.9 Å². The maximum Gasteiger partial charge on any atom is 0.328 e. The van der Waals surface area contributed by atoms with Gasteiger partial charge in [0.1, 0.15) is 11.9 Å². The summed E-state index contributed by atoms with van der Waals surface area (Å²) < 4.78 is 18.9. The molecule has 1 aliphatic heterocycles. The van der Waals surface area contributed by atoms with Gasteiger partial charge in [-0.3, -0.25) is 4.79 Å². The van der Waals surface area contributed by atoms with Gasteiger partial charge in [0.2, 0.25) is 0 Å². The second kappa shape index (κ2) is 7.02. The molecule has 0 saturated carbocycles. The normalized spacial score (nSPS) is 18.4. The van der Waals surface area contributed by atoms with Gasteiger partial charge in [-0.2, -0.15) is 0 Å². The van der Waals surface area contributed by atoms with Crippen LogP contribution in [0.2, 0.25) is 0 Å². The molecule has 1 aromatic carbocycles. The third kappa shape index (κ3) is 3.61. The molecule has 1 aromatic rings. The zero-order valence-corrected chi connectivity index (χ0v) is 13.4. The van der Waals surface area contributed by atoms with Crippen LogP contribution in [0.1, 0.15) is 36.5 Å². The van der Waals surface area contributed by atoms with Crippen LogP contribution in [-0.2, 0) is 9.53 Å². The number of halogens is 2. The van der Waals surface area contributed by atoms with Crippen LogP contribution in [0.5, 0.6) is 0 Å². The van der Waals surface area contributed by atoms with Crippen LogP contribution in [0, 0.1) is 5.82 Å². The summed E-state index contributed by atoms with van der Waals surface area (Å²) in [6.07, 6.45) is 2.28. The highest BCUT2D eigenvalue weighted by Crippen LogP contribution is 2.25. The maximum absolute atomic E-state index is 13.4. The number of carbonyl (C=O) groups is 2. The molecule has 1 saturated heterocycles. The van der Waals surface area contributed by atoms with E-state index >= 15 is 0 Å². The number of piperidine rings is 1. The summed E-state index contributed by atoms with van der Waals surface area (Å²) in [5.74, 6) is -1.22. The number of nitrogens with zero attached hydrogens (tertiary/aromatic N) is 1. The van der Waals surface area contributed by atoms with Crippen molar-refractivity contribution in [3.63, 3.8) is 0 Å². The van der Waals surface area contributed by atoms with E-state index < -0.39 is 17.8 Å². The van der Waals surface area contributed by atoms with E-state index in [9.17, 15) is 14.0 Å². The molecular weight excluding hydrogens is 341 g/mol. The third-order valence-corrected chi connectivity index (χ3v) is 4.17. The number of hydrogen-bond donors (Lipinski definition) is 0. The lowest BCUT2D eigenvalue weighted by Crippen LogP contribution is -2.48. The highest BCUT2D eigenvalue weighted by molar-refractivity contribution is 9.10. The van der Waals surface area contributed by atoms with Gasteiger partial charge in [-0.15, -0.1) is 0 Å². The van der Waals surface area contributed by atoms with Crippen LogP contribution in [0.3, 0.4) is 0 Å². The van der Waals surface area contributed by atoms with E-state index in [0.29, 0.717) is 17.4 Å². The first-order valence-corrected chi connectivity index (χ1v) is 7.76. The predicted octanol–water partition coefficient (Wildman–Crippen LogP) is 3.15. The van der Waals surface area contributed by atoms with Crippen LogP contribution in [0.4, 0.5) is 4.39 Å². The Hall–Kier alpha value is -1.43. The van der Waals surface area contributed by atoms with Crippen molar-refractivity contribution in [2.24, 2.45) is 0 Å². The number of esters is 1. The van der Waals surface area contributed by atoms with E-state index in [1.165, 1.54) is 23.1 Å². The molecule has 4 nitrogen and oxygen atoms in total. The topological polar surface area (TPSA) is 46.6 Å². The molecule has 21 heavy (non-hydrogen) atoms. The Labute approximate surface area is 131 Å². The van der Waals surface area contributed by atoms with Crippen molar-refractivity contribution in [2.75, 3.05) is 13.2 Å². The molecular formula is C15H17BrFNO3. The molecule has 0 aliphatic carbocycles. The highest BCUT2D eigenvalue weighted by atomic mass is 79.9. The fourth-order valence-corrected chi connectivity index (χ4v) is 2.89. The molecule has 1 aliphatic rings. The van der Waals surface area contributed by atoms with Crippen molar-refractivity contribution in [1.29, 1.82) is 0 Å². The second-order valence-corrected chi connectivity index (χ2v) is 5.74. The van der Waals surface area contributed by atoms with Gasteiger partial charge in [0.05, 0.1) is 12.2 Å². The summed E-state index contributed by atoms with van der Waals surface area (Å²) in [7, 11) is 0. The first-order chi connectivity index (χ1) is 10.0. The molecule has 1 unspecified atom stereocenters. The van der Waals surface area contributed by atoms with Gasteiger partial charge >= 0.3 is 5.97 Å². The zero-order chi connectivity index (χ0) is 15.4. The lowest BCUT2D eigenvalue weighted by Gasteiger charge is -2.34. The van der Waals surface area contributed by atoms with E-state index in [2.05, 4.69) is 15.9 Å². The molecule has 1 amide bonds. The largest absolute Gasteiger partial charge is 0.464 e. The molecule has 1 fully saturated rings. The SMILES string of the molecule is CCOC(=O)C1CCCCN1C(=O)c1cc(F)ccc1Br. The van der Waals surface area contributed by atoms with Gasteiger partial charge in [0, 0.05) is 11.0 Å². The Morgan fingerprint density at radius 2 is 2.19 bits per heavy atom. The van der Waals surface area contributed by atoms with Gasteiger partial charge < -0.3 is 9.64 Å². The zero-order valence-electron chi connectivity index (χ0n) is 11.8. The lowest BCUT2D eigenvalue weighted by molar-refractivity contribution is -0.149. The highest BCUT2D eigenvalue weighted by Gasteiger charge is 2.34. The van der Waals surface area contributed by atoms with Gasteiger partial charge in [-0.1, -0.05) is 0 Å². The fraction of sp³-hybridized carbons (Fsp3) is 0.467. The van der Waals surface area contributed by atoms with Crippen LogP contribution in [0.15, 0.2) is 22.7 Å². The molecule has 0 spiro atoms. The van der Waals surface area contributed by atoms with Gasteiger partial charge in [0.15, 0.2) is 0 Å². The van der Waals surface area contributed by atoms with Crippen LogP contribution in [0.25, 0.3) is 0 Å². The number of likely N-dealkylation sites (tertiary alicyclic amines) is 1. The van der Waals surface area contributed by atoms with Crippen molar-refractivity contribution in [3.8, 4) is 0 Å². The quantitative estimate of drug-likeness (QED) is 0.780. The average Bonchev–Trinajstić information content (AvgIpc) is 2.49. The molecule has 6 heteroatoms. The molecule has 1 atom stereocenters. The third-order valence-electron chi connectivity index (χ3n) is 3.48. The summed E-state index contributed by atoms with van der Waals surface area (Å²) in [5, 5.41) is 0. The van der Waals surface area contributed by atoms with E-state index in [1.807, 2.05) is 0 Å². The molecule has 0 radical (unpaired) electrons. The Kier molecular flexibility index (Phi) is 5.33. The van der Waals surface area contributed by atoms with Crippen molar-refractivity contribution in [1.82, 2.24) is 4.90 Å². The number of amides is 1. The Morgan fingerprint density at radius 1 is 1.43 bits per heavy atom. The first-order valence-electron chi connectivity index (χ1n) is 6.97. The summed E-state index contributed by atoms with van der Waals surface area (Å²) in [5.41, 5.74) is 0.228. The number of ether oxygens (including phenoxy) is 1. The van der Waals surface area contributed by atoms with Gasteiger partial charge in [-0.25, -0.2) is 9.18 Å². The summed E-state index contributed by atoms with van der Waals surface area (Å²) in [6, 6.07) is 3.37. The Morgan fingerprint density at radius 3 is 2.90 bits per heavy atom. The van der Waals surface area contributed by atoms with E-state index in [1.54, 1.807) is 6.92 Å². The van der Waals surface area contributed by atoms with Gasteiger partial charge in [0.25, 0.3) is 5.91 Å². The molecule has 2 rings (SSSR count). The fourth-order valence-electron chi connectivity index (χ4n) is 2.47. The molecule has 1 heterocycles.